The molecule has 2 rings (SSSR count). The van der Waals surface area contributed by atoms with Crippen molar-refractivity contribution in [3.63, 3.8) is 0 Å². The highest BCUT2D eigenvalue weighted by Crippen LogP contribution is 2.46. The van der Waals surface area contributed by atoms with Crippen molar-refractivity contribution < 1.29 is 0 Å². The maximum absolute atomic E-state index is 3.87. The van der Waals surface area contributed by atoms with E-state index in [2.05, 4.69) is 44.1 Å². The second kappa shape index (κ2) is 5.75. The van der Waals surface area contributed by atoms with Crippen molar-refractivity contribution in [2.45, 2.75) is 76.5 Å². The molecule has 2 saturated carbocycles. The van der Waals surface area contributed by atoms with Gasteiger partial charge in [0.15, 0.2) is 0 Å². The first-order valence-corrected chi connectivity index (χ1v) is 8.96. The Hall–Kier alpha value is 0.310. The summed E-state index contributed by atoms with van der Waals surface area (Å²) in [6.45, 7) is 8.49. The summed E-state index contributed by atoms with van der Waals surface area (Å²) in [6, 6.07) is 0.793. The molecule has 0 aliphatic heterocycles. The van der Waals surface area contributed by atoms with E-state index >= 15 is 0 Å². The van der Waals surface area contributed by atoms with Gasteiger partial charge in [0.2, 0.25) is 0 Å². The van der Waals surface area contributed by atoms with Gasteiger partial charge in [-0.1, -0.05) is 27.2 Å². The summed E-state index contributed by atoms with van der Waals surface area (Å²) in [5.41, 5.74) is 0.506. The first-order valence-electron chi connectivity index (χ1n) is 7.74. The molecule has 2 aliphatic rings. The molecule has 0 bridgehead atoms. The van der Waals surface area contributed by atoms with Crippen LogP contribution in [-0.4, -0.2) is 23.6 Å². The SMILES string of the molecule is CSC1(CNC2CCCC(C(C)(C)C)CC2)CC1. The molecule has 0 amide bonds. The average molecular weight is 269 g/mol. The maximum atomic E-state index is 3.87. The molecule has 0 radical (unpaired) electrons. The van der Waals surface area contributed by atoms with Crippen LogP contribution >= 0.6 is 11.8 Å². The molecular formula is C16H31NS. The van der Waals surface area contributed by atoms with E-state index in [9.17, 15) is 0 Å². The minimum Gasteiger partial charge on any atom is -0.313 e. The van der Waals surface area contributed by atoms with E-state index in [1.54, 1.807) is 0 Å². The molecule has 18 heavy (non-hydrogen) atoms. The van der Waals surface area contributed by atoms with E-state index in [0.717, 1.165) is 12.0 Å². The van der Waals surface area contributed by atoms with Gasteiger partial charge in [0, 0.05) is 17.3 Å². The van der Waals surface area contributed by atoms with Crippen LogP contribution in [0.3, 0.4) is 0 Å². The van der Waals surface area contributed by atoms with Gasteiger partial charge in [-0.05, 0) is 56.1 Å². The second-order valence-corrected chi connectivity index (χ2v) is 8.81. The Bertz CT molecular complexity index is 265. The predicted molar refractivity (Wildman–Crippen MR) is 83.3 cm³/mol. The highest BCUT2D eigenvalue weighted by molar-refractivity contribution is 8.00. The smallest absolute Gasteiger partial charge is 0.0282 e. The van der Waals surface area contributed by atoms with Crippen molar-refractivity contribution in [1.82, 2.24) is 5.32 Å². The average Bonchev–Trinajstić information content (AvgIpc) is 3.10. The van der Waals surface area contributed by atoms with E-state index in [1.807, 2.05) is 0 Å². The largest absolute Gasteiger partial charge is 0.313 e. The molecule has 106 valence electrons. The summed E-state index contributed by atoms with van der Waals surface area (Å²) >= 11 is 2.07. The lowest BCUT2D eigenvalue weighted by Gasteiger charge is -2.29. The zero-order valence-electron chi connectivity index (χ0n) is 12.7. The molecule has 0 spiro atoms. The molecule has 2 aliphatic carbocycles. The summed E-state index contributed by atoms with van der Waals surface area (Å²) in [5, 5.41) is 3.87. The molecule has 2 atom stereocenters. The summed E-state index contributed by atoms with van der Waals surface area (Å²) in [7, 11) is 0. The number of nitrogens with one attached hydrogen (secondary N) is 1. The summed E-state index contributed by atoms with van der Waals surface area (Å²) < 4.78 is 0.621. The van der Waals surface area contributed by atoms with Gasteiger partial charge in [0.25, 0.3) is 0 Å². The summed E-state index contributed by atoms with van der Waals surface area (Å²) in [4.78, 5) is 0. The van der Waals surface area contributed by atoms with E-state index < -0.39 is 0 Å². The van der Waals surface area contributed by atoms with E-state index in [1.165, 1.54) is 51.5 Å². The van der Waals surface area contributed by atoms with Gasteiger partial charge in [0.05, 0.1) is 0 Å². The van der Waals surface area contributed by atoms with Crippen LogP contribution in [0.15, 0.2) is 0 Å². The third kappa shape index (κ3) is 3.90. The first-order chi connectivity index (χ1) is 8.45. The lowest BCUT2D eigenvalue weighted by atomic mass is 9.76. The van der Waals surface area contributed by atoms with Crippen LogP contribution in [0.4, 0.5) is 0 Å². The fraction of sp³-hybridized carbons (Fsp3) is 1.00. The Morgan fingerprint density at radius 1 is 1.11 bits per heavy atom. The Kier molecular flexibility index (Phi) is 4.70. The van der Waals surface area contributed by atoms with Crippen LogP contribution in [0.2, 0.25) is 0 Å². The molecule has 0 saturated heterocycles. The standard InChI is InChI=1S/C16H31NS/c1-15(2,3)13-6-5-7-14(9-8-13)17-12-16(18-4)10-11-16/h13-14,17H,5-12H2,1-4H3. The molecule has 2 fully saturated rings. The molecule has 0 aromatic rings. The normalized spacial score (nSPS) is 32.0. The molecule has 2 heteroatoms. The number of thioether (sulfide) groups is 1. The van der Waals surface area contributed by atoms with Crippen molar-refractivity contribution in [2.24, 2.45) is 11.3 Å². The van der Waals surface area contributed by atoms with E-state index in [-0.39, 0.29) is 0 Å². The van der Waals surface area contributed by atoms with Gasteiger partial charge in [-0.3, -0.25) is 0 Å². The lowest BCUT2D eigenvalue weighted by molar-refractivity contribution is 0.213. The van der Waals surface area contributed by atoms with Crippen molar-refractivity contribution in [3.05, 3.63) is 0 Å². The van der Waals surface area contributed by atoms with Crippen molar-refractivity contribution in [3.8, 4) is 0 Å². The summed E-state index contributed by atoms with van der Waals surface area (Å²) in [5.74, 6) is 0.930. The highest BCUT2D eigenvalue weighted by atomic mass is 32.2. The molecule has 1 nitrogen and oxygen atoms in total. The number of hydrogen-bond acceptors (Lipinski definition) is 2. The van der Waals surface area contributed by atoms with Crippen LogP contribution in [0.5, 0.6) is 0 Å². The van der Waals surface area contributed by atoms with Gasteiger partial charge in [-0.25, -0.2) is 0 Å². The fourth-order valence-electron chi connectivity index (χ4n) is 3.29. The Labute approximate surface area is 118 Å². The number of hydrogen-bond donors (Lipinski definition) is 1. The number of rotatable bonds is 4. The van der Waals surface area contributed by atoms with Crippen LogP contribution in [0.25, 0.3) is 0 Å². The quantitative estimate of drug-likeness (QED) is 0.756. The fourth-order valence-corrected chi connectivity index (χ4v) is 4.03. The molecule has 0 aromatic carbocycles. The topological polar surface area (TPSA) is 12.0 Å². The van der Waals surface area contributed by atoms with Crippen LogP contribution in [0.1, 0.15) is 65.7 Å². The van der Waals surface area contributed by atoms with Gasteiger partial charge in [-0.2, -0.15) is 11.8 Å². The van der Waals surface area contributed by atoms with Crippen LogP contribution in [0, 0.1) is 11.3 Å². The molecule has 0 heterocycles. The van der Waals surface area contributed by atoms with Gasteiger partial charge < -0.3 is 5.32 Å². The minimum absolute atomic E-state index is 0.506. The zero-order chi connectivity index (χ0) is 13.2. The lowest BCUT2D eigenvalue weighted by Crippen LogP contribution is -2.35. The monoisotopic (exact) mass is 269 g/mol. The molecule has 2 unspecified atom stereocenters. The van der Waals surface area contributed by atoms with Gasteiger partial charge >= 0.3 is 0 Å². The van der Waals surface area contributed by atoms with Crippen molar-refractivity contribution in [1.29, 1.82) is 0 Å². The maximum Gasteiger partial charge on any atom is 0.0282 e. The van der Waals surface area contributed by atoms with Crippen molar-refractivity contribution in [2.75, 3.05) is 12.8 Å². The summed E-state index contributed by atoms with van der Waals surface area (Å²) in [6.07, 6.45) is 12.2. The molecular weight excluding hydrogens is 238 g/mol. The van der Waals surface area contributed by atoms with Crippen molar-refractivity contribution >= 4 is 11.8 Å². The third-order valence-corrected chi connectivity index (χ3v) is 6.57. The predicted octanol–water partition coefficient (Wildman–Crippen LogP) is 4.47. The highest BCUT2D eigenvalue weighted by Gasteiger charge is 2.41. The Morgan fingerprint density at radius 3 is 2.39 bits per heavy atom. The molecule has 0 aromatic heterocycles. The third-order valence-electron chi connectivity index (χ3n) is 5.15. The van der Waals surface area contributed by atoms with E-state index in [0.29, 0.717) is 10.2 Å². The van der Waals surface area contributed by atoms with E-state index in [4.69, 9.17) is 0 Å². The van der Waals surface area contributed by atoms with Gasteiger partial charge in [0.1, 0.15) is 0 Å². The Balaban J connectivity index is 1.75. The van der Waals surface area contributed by atoms with Crippen LogP contribution < -0.4 is 5.32 Å². The van der Waals surface area contributed by atoms with Gasteiger partial charge in [-0.15, -0.1) is 0 Å². The first kappa shape index (κ1) is 14.7. The minimum atomic E-state index is 0.506. The zero-order valence-corrected chi connectivity index (χ0v) is 13.5. The Morgan fingerprint density at radius 2 is 1.83 bits per heavy atom. The molecule has 1 N–H and O–H groups in total. The van der Waals surface area contributed by atoms with Crippen LogP contribution in [-0.2, 0) is 0 Å². The second-order valence-electron chi connectivity index (χ2n) is 7.54.